The van der Waals surface area contributed by atoms with Gasteiger partial charge in [-0.05, 0) is 76.0 Å². The molecule has 2 aromatic heterocycles. The summed E-state index contributed by atoms with van der Waals surface area (Å²) in [5.41, 5.74) is 7.40. The van der Waals surface area contributed by atoms with E-state index in [0.717, 1.165) is 62.6 Å². The van der Waals surface area contributed by atoms with Gasteiger partial charge in [-0.3, -0.25) is 14.6 Å². The second-order valence-corrected chi connectivity index (χ2v) is 8.68. The fourth-order valence-electron chi connectivity index (χ4n) is 4.65. The summed E-state index contributed by atoms with van der Waals surface area (Å²) < 4.78 is 7.58. The molecule has 0 amide bonds. The number of aryl methyl sites for hydroxylation is 3. The van der Waals surface area contributed by atoms with Crippen molar-refractivity contribution in [1.82, 2.24) is 19.7 Å². The van der Waals surface area contributed by atoms with Crippen molar-refractivity contribution < 1.29 is 4.74 Å². The number of piperidine rings is 1. The molecule has 1 aromatic carbocycles. The normalized spacial score (nSPS) is 15.4. The molecule has 0 spiro atoms. The van der Waals surface area contributed by atoms with E-state index in [-0.39, 0.29) is 0 Å². The molecular formula is C26H34N4O. The number of hydrogen-bond acceptors (Lipinski definition) is 4. The van der Waals surface area contributed by atoms with E-state index in [0.29, 0.717) is 5.92 Å². The van der Waals surface area contributed by atoms with Crippen molar-refractivity contribution in [3.05, 3.63) is 76.4 Å². The highest BCUT2D eigenvalue weighted by molar-refractivity contribution is 5.38. The lowest BCUT2D eigenvalue weighted by atomic mass is 9.91. The number of pyridine rings is 1. The average Bonchev–Trinajstić information content (AvgIpc) is 3.13. The highest BCUT2D eigenvalue weighted by Gasteiger charge is 2.23. The number of hydrogen-bond donors (Lipinski definition) is 0. The number of ether oxygens (including phenoxy) is 1. The van der Waals surface area contributed by atoms with Crippen molar-refractivity contribution in [2.24, 2.45) is 0 Å². The molecule has 4 rings (SSSR count). The van der Waals surface area contributed by atoms with E-state index in [9.17, 15) is 0 Å². The van der Waals surface area contributed by atoms with Crippen molar-refractivity contribution in [1.29, 1.82) is 0 Å². The lowest BCUT2D eigenvalue weighted by Crippen LogP contribution is -2.32. The summed E-state index contributed by atoms with van der Waals surface area (Å²) in [5.74, 6) is 1.49. The van der Waals surface area contributed by atoms with E-state index in [1.54, 1.807) is 7.11 Å². The van der Waals surface area contributed by atoms with Crippen molar-refractivity contribution in [3.8, 4) is 5.75 Å². The summed E-state index contributed by atoms with van der Waals surface area (Å²) in [6, 6.07) is 12.8. The molecule has 5 nitrogen and oxygen atoms in total. The molecule has 0 aliphatic carbocycles. The maximum absolute atomic E-state index is 5.54. The van der Waals surface area contributed by atoms with Crippen molar-refractivity contribution in [3.63, 3.8) is 0 Å². The molecule has 0 radical (unpaired) electrons. The Morgan fingerprint density at radius 2 is 1.84 bits per heavy atom. The average molecular weight is 419 g/mol. The Labute approximate surface area is 186 Å². The molecule has 0 N–H and O–H groups in total. The maximum Gasteiger partial charge on any atom is 0.122 e. The third-order valence-electron chi connectivity index (χ3n) is 6.39. The minimum atomic E-state index is 0.534. The zero-order valence-electron chi connectivity index (χ0n) is 19.3. The van der Waals surface area contributed by atoms with Crippen LogP contribution in [0.3, 0.4) is 0 Å². The van der Waals surface area contributed by atoms with E-state index in [1.165, 1.54) is 22.4 Å². The molecule has 3 aromatic rings. The van der Waals surface area contributed by atoms with Gasteiger partial charge in [0.15, 0.2) is 0 Å². The second-order valence-electron chi connectivity index (χ2n) is 8.68. The van der Waals surface area contributed by atoms with E-state index in [2.05, 4.69) is 61.2 Å². The lowest BCUT2D eigenvalue weighted by Gasteiger charge is -2.31. The van der Waals surface area contributed by atoms with Gasteiger partial charge in [0.2, 0.25) is 0 Å². The largest absolute Gasteiger partial charge is 0.496 e. The van der Waals surface area contributed by atoms with E-state index >= 15 is 0 Å². The van der Waals surface area contributed by atoms with Crippen molar-refractivity contribution in [2.45, 2.75) is 59.0 Å². The Morgan fingerprint density at radius 1 is 1.06 bits per heavy atom. The molecule has 1 aliphatic rings. The van der Waals surface area contributed by atoms with Crippen LogP contribution >= 0.6 is 0 Å². The standard InChI is InChI=1S/C26H34N4O/c1-5-30-18-24(20(3)28-30)17-29-12-10-22(11-13-29)25-16-21(14-19(2)27-25)15-23-8-6-7-9-26(23)31-4/h6-9,14,16,18,22H,5,10-13,15,17H2,1-4H3. The zero-order valence-corrected chi connectivity index (χ0v) is 19.3. The van der Waals surface area contributed by atoms with Gasteiger partial charge >= 0.3 is 0 Å². The Morgan fingerprint density at radius 3 is 2.55 bits per heavy atom. The Bertz CT molecular complexity index is 1020. The van der Waals surface area contributed by atoms with Gasteiger partial charge in [-0.2, -0.15) is 5.10 Å². The summed E-state index contributed by atoms with van der Waals surface area (Å²) in [7, 11) is 1.74. The Hall–Kier alpha value is -2.66. The van der Waals surface area contributed by atoms with Gasteiger partial charge in [-0.25, -0.2) is 0 Å². The molecule has 0 bridgehead atoms. The van der Waals surface area contributed by atoms with E-state index in [4.69, 9.17) is 9.72 Å². The van der Waals surface area contributed by atoms with Gasteiger partial charge in [0.25, 0.3) is 0 Å². The van der Waals surface area contributed by atoms with Crippen LogP contribution in [0.1, 0.15) is 59.5 Å². The summed E-state index contributed by atoms with van der Waals surface area (Å²) >= 11 is 0. The number of benzene rings is 1. The fraction of sp³-hybridized carbons (Fsp3) is 0.462. The Kier molecular flexibility index (Phi) is 6.71. The van der Waals surface area contributed by atoms with Gasteiger partial charge < -0.3 is 4.74 Å². The van der Waals surface area contributed by atoms with Crippen LogP contribution in [0.25, 0.3) is 0 Å². The van der Waals surface area contributed by atoms with E-state index in [1.807, 2.05) is 16.8 Å². The fourth-order valence-corrected chi connectivity index (χ4v) is 4.65. The molecule has 3 heterocycles. The number of nitrogens with zero attached hydrogens (tertiary/aromatic N) is 4. The van der Waals surface area contributed by atoms with Crippen LogP contribution < -0.4 is 4.74 Å². The van der Waals surface area contributed by atoms with Crippen LogP contribution in [-0.2, 0) is 19.5 Å². The highest BCUT2D eigenvalue weighted by atomic mass is 16.5. The second kappa shape index (κ2) is 9.65. The zero-order chi connectivity index (χ0) is 21.8. The topological polar surface area (TPSA) is 43.2 Å². The number of aromatic nitrogens is 3. The van der Waals surface area contributed by atoms with Crippen LogP contribution in [0.5, 0.6) is 5.75 Å². The van der Waals surface area contributed by atoms with Crippen LogP contribution in [0.2, 0.25) is 0 Å². The first-order chi connectivity index (χ1) is 15.1. The SMILES string of the molecule is CCn1cc(CN2CCC(c3cc(Cc4ccccc4OC)cc(C)n3)CC2)c(C)n1. The predicted octanol–water partition coefficient (Wildman–Crippen LogP) is 4.89. The van der Waals surface area contributed by atoms with Crippen LogP contribution in [0, 0.1) is 13.8 Å². The molecule has 31 heavy (non-hydrogen) atoms. The monoisotopic (exact) mass is 418 g/mol. The third kappa shape index (κ3) is 5.16. The molecule has 0 unspecified atom stereocenters. The van der Waals surface area contributed by atoms with Crippen LogP contribution in [-0.4, -0.2) is 39.9 Å². The molecule has 5 heteroatoms. The Balaban J connectivity index is 1.42. The quantitative estimate of drug-likeness (QED) is 0.548. The molecular weight excluding hydrogens is 384 g/mol. The first-order valence-corrected chi connectivity index (χ1v) is 11.4. The van der Waals surface area contributed by atoms with Crippen molar-refractivity contribution >= 4 is 0 Å². The molecule has 1 aliphatic heterocycles. The van der Waals surface area contributed by atoms with Crippen LogP contribution in [0.15, 0.2) is 42.6 Å². The minimum absolute atomic E-state index is 0.534. The van der Waals surface area contributed by atoms with Gasteiger partial charge in [0, 0.05) is 48.6 Å². The lowest BCUT2D eigenvalue weighted by molar-refractivity contribution is 0.203. The van der Waals surface area contributed by atoms with Gasteiger partial charge in [0.05, 0.1) is 12.8 Å². The minimum Gasteiger partial charge on any atom is -0.496 e. The summed E-state index contributed by atoms with van der Waals surface area (Å²) in [6.07, 6.45) is 5.39. The maximum atomic E-state index is 5.54. The van der Waals surface area contributed by atoms with Crippen molar-refractivity contribution in [2.75, 3.05) is 20.2 Å². The van der Waals surface area contributed by atoms with Gasteiger partial charge in [0.1, 0.15) is 5.75 Å². The summed E-state index contributed by atoms with van der Waals surface area (Å²) in [6.45, 7) is 10.5. The highest BCUT2D eigenvalue weighted by Crippen LogP contribution is 2.30. The third-order valence-corrected chi connectivity index (χ3v) is 6.39. The number of methoxy groups -OCH3 is 1. The summed E-state index contributed by atoms with van der Waals surface area (Å²) in [4.78, 5) is 7.48. The molecule has 1 fully saturated rings. The van der Waals surface area contributed by atoms with Gasteiger partial charge in [-0.1, -0.05) is 18.2 Å². The molecule has 0 saturated carbocycles. The summed E-state index contributed by atoms with van der Waals surface area (Å²) in [5, 5.41) is 4.59. The van der Waals surface area contributed by atoms with Crippen LogP contribution in [0.4, 0.5) is 0 Å². The first kappa shape index (κ1) is 21.6. The molecule has 164 valence electrons. The van der Waals surface area contributed by atoms with E-state index < -0.39 is 0 Å². The first-order valence-electron chi connectivity index (χ1n) is 11.4. The number of likely N-dealkylation sites (tertiary alicyclic amines) is 1. The number of rotatable bonds is 7. The predicted molar refractivity (Wildman–Crippen MR) is 125 cm³/mol. The molecule has 1 saturated heterocycles. The molecule has 0 atom stereocenters. The smallest absolute Gasteiger partial charge is 0.122 e. The van der Waals surface area contributed by atoms with Gasteiger partial charge in [-0.15, -0.1) is 0 Å². The number of para-hydroxylation sites is 1.